The molecule has 0 bridgehead atoms. The second-order valence-corrected chi connectivity index (χ2v) is 3.42. The topological polar surface area (TPSA) is 46.2 Å². The standard InChI is InChI=1S/C10H21ClO5/c1-12-3-4-14-5-6-15-7-8-16-9-10(11)13-2/h10H,3-9H2,1-2H3. The Morgan fingerprint density at radius 3 is 1.81 bits per heavy atom. The van der Waals surface area contributed by atoms with E-state index in [-0.39, 0.29) is 0 Å². The number of hydrogen-bond acceptors (Lipinski definition) is 5. The number of ether oxygens (including phenoxy) is 5. The van der Waals surface area contributed by atoms with Gasteiger partial charge in [-0.2, -0.15) is 0 Å². The lowest BCUT2D eigenvalue weighted by atomic mass is 10.7. The lowest BCUT2D eigenvalue weighted by Gasteiger charge is -2.08. The second-order valence-electron chi connectivity index (χ2n) is 2.94. The van der Waals surface area contributed by atoms with Crippen LogP contribution in [0.3, 0.4) is 0 Å². The second kappa shape index (κ2) is 13.2. The van der Waals surface area contributed by atoms with Gasteiger partial charge < -0.3 is 23.7 Å². The molecule has 6 heteroatoms. The van der Waals surface area contributed by atoms with Crippen molar-refractivity contribution in [3.05, 3.63) is 0 Å². The Balaban J connectivity index is 2.93. The van der Waals surface area contributed by atoms with Gasteiger partial charge in [-0.15, -0.1) is 0 Å². The van der Waals surface area contributed by atoms with E-state index >= 15 is 0 Å². The van der Waals surface area contributed by atoms with Crippen LogP contribution >= 0.6 is 11.6 Å². The highest BCUT2D eigenvalue weighted by atomic mass is 35.5. The zero-order valence-corrected chi connectivity index (χ0v) is 10.7. The van der Waals surface area contributed by atoms with Crippen LogP contribution in [0.5, 0.6) is 0 Å². The minimum atomic E-state index is -0.391. The maximum Gasteiger partial charge on any atom is 0.153 e. The highest BCUT2D eigenvalue weighted by Crippen LogP contribution is 1.96. The van der Waals surface area contributed by atoms with E-state index in [1.165, 1.54) is 7.11 Å². The molecule has 0 saturated carbocycles. The Morgan fingerprint density at radius 1 is 0.812 bits per heavy atom. The summed E-state index contributed by atoms with van der Waals surface area (Å²) in [4.78, 5) is 0. The molecule has 1 unspecified atom stereocenters. The first kappa shape index (κ1) is 16.1. The van der Waals surface area contributed by atoms with Crippen molar-refractivity contribution in [1.82, 2.24) is 0 Å². The average molecular weight is 257 g/mol. The largest absolute Gasteiger partial charge is 0.382 e. The molecule has 16 heavy (non-hydrogen) atoms. The summed E-state index contributed by atoms with van der Waals surface area (Å²) in [7, 11) is 3.18. The molecule has 0 aliphatic heterocycles. The van der Waals surface area contributed by atoms with Crippen molar-refractivity contribution < 1.29 is 23.7 Å². The Bertz CT molecular complexity index is 136. The van der Waals surface area contributed by atoms with Gasteiger partial charge in [0.1, 0.15) is 0 Å². The van der Waals surface area contributed by atoms with Crippen molar-refractivity contribution >= 4 is 11.6 Å². The Hall–Kier alpha value is 0.0900. The first-order chi connectivity index (χ1) is 7.81. The van der Waals surface area contributed by atoms with Crippen LogP contribution in [0, 0.1) is 0 Å². The Morgan fingerprint density at radius 2 is 1.31 bits per heavy atom. The molecule has 0 aromatic heterocycles. The lowest BCUT2D eigenvalue weighted by molar-refractivity contribution is -0.00887. The van der Waals surface area contributed by atoms with Crippen molar-refractivity contribution in [3.63, 3.8) is 0 Å². The van der Waals surface area contributed by atoms with Crippen molar-refractivity contribution in [2.45, 2.75) is 5.56 Å². The van der Waals surface area contributed by atoms with Gasteiger partial charge in [0.05, 0.1) is 46.2 Å². The van der Waals surface area contributed by atoms with Crippen molar-refractivity contribution in [3.8, 4) is 0 Å². The van der Waals surface area contributed by atoms with Crippen molar-refractivity contribution in [2.75, 3.05) is 60.5 Å². The van der Waals surface area contributed by atoms with Gasteiger partial charge in [-0.1, -0.05) is 11.6 Å². The molecule has 0 fully saturated rings. The summed E-state index contributed by atoms with van der Waals surface area (Å²) in [5.41, 5.74) is -0.391. The SMILES string of the molecule is COCCOCCOCCOCC(Cl)OC. The average Bonchev–Trinajstić information content (AvgIpc) is 2.31. The first-order valence-electron chi connectivity index (χ1n) is 5.20. The van der Waals surface area contributed by atoms with Crippen molar-refractivity contribution in [2.24, 2.45) is 0 Å². The number of hydrogen-bond donors (Lipinski definition) is 0. The van der Waals surface area contributed by atoms with Crippen LogP contribution < -0.4 is 0 Å². The van der Waals surface area contributed by atoms with Crippen LogP contribution in [0.25, 0.3) is 0 Å². The minimum absolute atomic E-state index is 0.367. The van der Waals surface area contributed by atoms with Gasteiger partial charge in [0, 0.05) is 14.2 Å². The van der Waals surface area contributed by atoms with Gasteiger partial charge in [0.2, 0.25) is 0 Å². The first-order valence-corrected chi connectivity index (χ1v) is 5.64. The minimum Gasteiger partial charge on any atom is -0.382 e. The quantitative estimate of drug-likeness (QED) is 0.383. The zero-order valence-electron chi connectivity index (χ0n) is 9.95. The van der Waals surface area contributed by atoms with E-state index in [4.69, 9.17) is 35.3 Å². The third kappa shape index (κ3) is 12.2. The number of halogens is 1. The van der Waals surface area contributed by atoms with Gasteiger partial charge in [-0.05, 0) is 0 Å². The van der Waals surface area contributed by atoms with Gasteiger partial charge in [-0.3, -0.25) is 0 Å². The molecular formula is C10H21ClO5. The molecule has 0 heterocycles. The third-order valence-corrected chi connectivity index (χ3v) is 1.98. The summed E-state index contributed by atoms with van der Waals surface area (Å²) in [6, 6.07) is 0. The molecule has 0 aliphatic rings. The normalized spacial score (nSPS) is 12.9. The van der Waals surface area contributed by atoms with Crippen LogP contribution in [-0.2, 0) is 23.7 Å². The molecule has 1 atom stereocenters. The molecular weight excluding hydrogens is 236 g/mol. The van der Waals surface area contributed by atoms with Gasteiger partial charge >= 0.3 is 0 Å². The molecule has 0 saturated heterocycles. The molecule has 0 aromatic rings. The molecule has 0 aromatic carbocycles. The molecule has 0 amide bonds. The summed E-state index contributed by atoms with van der Waals surface area (Å²) < 4.78 is 25.3. The summed E-state index contributed by atoms with van der Waals surface area (Å²) >= 11 is 5.66. The van der Waals surface area contributed by atoms with E-state index in [0.29, 0.717) is 46.2 Å². The van der Waals surface area contributed by atoms with Crippen molar-refractivity contribution in [1.29, 1.82) is 0 Å². The van der Waals surface area contributed by atoms with E-state index in [1.54, 1.807) is 7.11 Å². The number of methoxy groups -OCH3 is 2. The van der Waals surface area contributed by atoms with Crippen LogP contribution in [0.1, 0.15) is 0 Å². The van der Waals surface area contributed by atoms with Gasteiger partial charge in [-0.25, -0.2) is 0 Å². The Labute approximate surface area is 102 Å². The molecule has 0 rings (SSSR count). The smallest absolute Gasteiger partial charge is 0.153 e. The molecule has 0 N–H and O–H groups in total. The summed E-state index contributed by atoms with van der Waals surface area (Å²) in [5.74, 6) is 0. The predicted molar refractivity (Wildman–Crippen MR) is 61.0 cm³/mol. The van der Waals surface area contributed by atoms with Gasteiger partial charge in [0.15, 0.2) is 5.56 Å². The number of rotatable bonds is 12. The molecule has 98 valence electrons. The fourth-order valence-corrected chi connectivity index (χ4v) is 0.915. The summed E-state index contributed by atoms with van der Waals surface area (Å²) in [5, 5.41) is 0. The molecule has 5 nitrogen and oxygen atoms in total. The van der Waals surface area contributed by atoms with E-state index in [1.807, 2.05) is 0 Å². The maximum absolute atomic E-state index is 5.66. The van der Waals surface area contributed by atoms with Crippen LogP contribution in [0.2, 0.25) is 0 Å². The number of alkyl halides is 1. The predicted octanol–water partition coefficient (Wildman–Crippen LogP) is 0.894. The fraction of sp³-hybridized carbons (Fsp3) is 1.00. The van der Waals surface area contributed by atoms with E-state index < -0.39 is 5.56 Å². The summed E-state index contributed by atoms with van der Waals surface area (Å²) in [6.07, 6.45) is 0. The molecule has 0 spiro atoms. The fourth-order valence-electron chi connectivity index (χ4n) is 0.826. The molecule has 0 radical (unpaired) electrons. The van der Waals surface area contributed by atoms with E-state index in [2.05, 4.69) is 0 Å². The van der Waals surface area contributed by atoms with Crippen LogP contribution in [0.4, 0.5) is 0 Å². The van der Waals surface area contributed by atoms with Crippen LogP contribution in [-0.4, -0.2) is 66.0 Å². The monoisotopic (exact) mass is 256 g/mol. The summed E-state index contributed by atoms with van der Waals surface area (Å²) in [6.45, 7) is 3.73. The van der Waals surface area contributed by atoms with Crippen LogP contribution in [0.15, 0.2) is 0 Å². The van der Waals surface area contributed by atoms with Gasteiger partial charge in [0.25, 0.3) is 0 Å². The highest BCUT2D eigenvalue weighted by molar-refractivity contribution is 6.19. The lowest BCUT2D eigenvalue weighted by Crippen LogP contribution is -2.15. The van der Waals surface area contributed by atoms with E-state index in [9.17, 15) is 0 Å². The zero-order chi connectivity index (χ0) is 12.1. The van der Waals surface area contributed by atoms with E-state index in [0.717, 1.165) is 0 Å². The Kier molecular flexibility index (Phi) is 13.2. The molecule has 0 aliphatic carbocycles. The third-order valence-electron chi connectivity index (χ3n) is 1.68. The maximum atomic E-state index is 5.66. The highest BCUT2D eigenvalue weighted by Gasteiger charge is 2.00.